The fourth-order valence-electron chi connectivity index (χ4n) is 6.66. The Bertz CT molecular complexity index is 1510. The predicted octanol–water partition coefficient (Wildman–Crippen LogP) is 4.95. The van der Waals surface area contributed by atoms with Crippen LogP contribution in [0.2, 0.25) is 0 Å². The fourth-order valence-corrected chi connectivity index (χ4v) is 6.66. The minimum atomic E-state index is -0.927. The smallest absolute Gasteiger partial charge is 0.417 e. The van der Waals surface area contributed by atoms with E-state index in [9.17, 15) is 19.2 Å². The van der Waals surface area contributed by atoms with Gasteiger partial charge in [0.05, 0.1) is 33.0 Å². The van der Waals surface area contributed by atoms with Gasteiger partial charge in [0.1, 0.15) is 17.3 Å². The SMILES string of the molecule is CCOC(=O)C(=O)OCC.CCOC(=O)c1n[nH]c2c1C[C@H]1[C@@H](COc3ccccc3)[C@@H]21.O=C1CC[C@H]2[C@@H](COc3ccccc3)[C@@H]12. The van der Waals surface area contributed by atoms with Crippen molar-refractivity contribution in [3.8, 4) is 11.5 Å². The molecule has 0 unspecified atom stereocenters. The maximum Gasteiger partial charge on any atom is 0.417 e. The molecule has 0 saturated heterocycles. The lowest BCUT2D eigenvalue weighted by molar-refractivity contribution is -0.167. The molecule has 3 aromatic rings. The van der Waals surface area contributed by atoms with Gasteiger partial charge < -0.3 is 23.7 Å². The summed E-state index contributed by atoms with van der Waals surface area (Å²) >= 11 is 0. The molecule has 0 bridgehead atoms. The summed E-state index contributed by atoms with van der Waals surface area (Å²) in [5.74, 6) is 3.13. The van der Waals surface area contributed by atoms with Crippen LogP contribution < -0.4 is 9.47 Å². The maximum absolute atomic E-state index is 11.8. The summed E-state index contributed by atoms with van der Waals surface area (Å²) in [5.41, 5.74) is 2.62. The molecular weight excluding hydrogens is 604 g/mol. The monoisotopic (exact) mass is 646 g/mol. The van der Waals surface area contributed by atoms with Crippen molar-refractivity contribution in [3.63, 3.8) is 0 Å². The number of hydrogen-bond acceptors (Lipinski definition) is 10. The van der Waals surface area contributed by atoms with Crippen LogP contribution in [-0.4, -0.2) is 66.9 Å². The third kappa shape index (κ3) is 8.19. The van der Waals surface area contributed by atoms with Gasteiger partial charge in [0.2, 0.25) is 0 Å². The molecule has 0 aliphatic heterocycles. The van der Waals surface area contributed by atoms with Crippen molar-refractivity contribution in [2.75, 3.05) is 33.0 Å². The second kappa shape index (κ2) is 15.8. The van der Waals surface area contributed by atoms with E-state index in [1.165, 1.54) is 0 Å². The Hall–Kier alpha value is -4.67. The number of carbonyl (C=O) groups is 4. The fraction of sp³-hybridized carbons (Fsp3) is 0.472. The molecule has 0 radical (unpaired) electrons. The summed E-state index contributed by atoms with van der Waals surface area (Å²) in [4.78, 5) is 44.1. The Morgan fingerprint density at radius 3 is 1.77 bits per heavy atom. The third-order valence-electron chi connectivity index (χ3n) is 8.99. The van der Waals surface area contributed by atoms with E-state index in [0.29, 0.717) is 66.8 Å². The van der Waals surface area contributed by atoms with Crippen molar-refractivity contribution in [3.05, 3.63) is 77.6 Å². The number of benzene rings is 2. The second-order valence-corrected chi connectivity index (χ2v) is 11.8. The number of nitrogens with one attached hydrogen (secondary N) is 1. The zero-order chi connectivity index (χ0) is 33.3. The topological polar surface area (TPSA) is 143 Å². The molecule has 1 N–H and O–H groups in total. The largest absolute Gasteiger partial charge is 0.493 e. The first-order chi connectivity index (χ1) is 22.9. The van der Waals surface area contributed by atoms with Gasteiger partial charge in [-0.3, -0.25) is 9.89 Å². The number of Topliss-reactive ketones (excluding diaryl/α,β-unsaturated/α-hetero) is 1. The highest BCUT2D eigenvalue weighted by Crippen LogP contribution is 2.61. The lowest BCUT2D eigenvalue weighted by Gasteiger charge is -2.07. The Morgan fingerprint density at radius 1 is 0.745 bits per heavy atom. The van der Waals surface area contributed by atoms with Crippen molar-refractivity contribution in [2.45, 2.75) is 46.0 Å². The number of ketones is 1. The van der Waals surface area contributed by atoms with E-state index in [1.54, 1.807) is 20.8 Å². The number of nitrogens with zero attached hydrogens (tertiary/aromatic N) is 1. The minimum absolute atomic E-state index is 0.192. The number of fused-ring (bicyclic) bond motifs is 4. The van der Waals surface area contributed by atoms with Gasteiger partial charge in [0, 0.05) is 41.3 Å². The molecule has 47 heavy (non-hydrogen) atoms. The van der Waals surface area contributed by atoms with Crippen molar-refractivity contribution >= 4 is 23.7 Å². The normalized spacial score (nSPS) is 23.7. The summed E-state index contributed by atoms with van der Waals surface area (Å²) in [6, 6.07) is 19.7. The van der Waals surface area contributed by atoms with Crippen molar-refractivity contribution in [1.29, 1.82) is 0 Å². The molecule has 3 saturated carbocycles. The van der Waals surface area contributed by atoms with Crippen LogP contribution in [0.3, 0.4) is 0 Å². The molecule has 4 aliphatic rings. The molecule has 0 spiro atoms. The van der Waals surface area contributed by atoms with Crippen molar-refractivity contribution in [1.82, 2.24) is 10.2 Å². The van der Waals surface area contributed by atoms with E-state index in [4.69, 9.17) is 14.2 Å². The zero-order valence-electron chi connectivity index (χ0n) is 27.0. The Kier molecular flexibility index (Phi) is 11.3. The summed E-state index contributed by atoms with van der Waals surface area (Å²) in [6.07, 6.45) is 2.79. The predicted molar refractivity (Wildman–Crippen MR) is 170 cm³/mol. The highest BCUT2D eigenvalue weighted by molar-refractivity contribution is 6.29. The summed E-state index contributed by atoms with van der Waals surface area (Å²) in [6.45, 7) is 7.24. The van der Waals surface area contributed by atoms with Crippen LogP contribution in [-0.2, 0) is 35.0 Å². The molecule has 1 aromatic heterocycles. The van der Waals surface area contributed by atoms with E-state index in [1.807, 2.05) is 60.7 Å². The first-order valence-electron chi connectivity index (χ1n) is 16.3. The molecule has 4 aliphatic carbocycles. The lowest BCUT2D eigenvalue weighted by Crippen LogP contribution is -2.19. The van der Waals surface area contributed by atoms with Crippen molar-refractivity contribution < 1.29 is 42.9 Å². The molecule has 11 heteroatoms. The number of aromatic amines is 1. The van der Waals surface area contributed by atoms with Gasteiger partial charge in [-0.2, -0.15) is 5.10 Å². The molecule has 250 valence electrons. The number of hydrogen-bond donors (Lipinski definition) is 1. The molecule has 2 aromatic carbocycles. The molecule has 1 heterocycles. The molecule has 6 atom stereocenters. The summed E-state index contributed by atoms with van der Waals surface area (Å²) in [5, 5.41) is 7.18. The van der Waals surface area contributed by atoms with E-state index in [-0.39, 0.29) is 19.2 Å². The first kappa shape index (κ1) is 33.7. The number of aromatic nitrogens is 2. The van der Waals surface area contributed by atoms with Crippen LogP contribution in [0.4, 0.5) is 0 Å². The summed E-state index contributed by atoms with van der Waals surface area (Å²) < 4.78 is 25.2. The van der Waals surface area contributed by atoms with Gasteiger partial charge in [-0.1, -0.05) is 36.4 Å². The number of rotatable bonds is 10. The molecule has 11 nitrogen and oxygen atoms in total. The van der Waals surface area contributed by atoms with E-state index >= 15 is 0 Å². The van der Waals surface area contributed by atoms with Gasteiger partial charge in [-0.05, 0) is 69.7 Å². The average molecular weight is 647 g/mol. The number of H-pyrrole nitrogens is 1. The lowest BCUT2D eigenvalue weighted by atomic mass is 10.1. The van der Waals surface area contributed by atoms with Crippen LogP contribution in [0, 0.1) is 29.6 Å². The number of ether oxygens (including phenoxy) is 5. The standard InChI is InChI=1S/C17H18N2O3.C13H14O2.C6H10O4/c1-2-21-17(20)16-12-8-11-13(14(11)15(12)18-19-16)9-22-10-6-4-3-5-7-10;14-12-7-6-10-11(13(10)12)8-15-9-4-2-1-3-5-9;1-3-9-5(7)6(8)10-4-2/h3-7,11,13-14H,2,8-9H2,1H3,(H,18,19);1-5,10-11,13H,6-8H2;3-4H2,1-2H3/t11-,13+,14-;10-,11+,13-;/m00./s1. The molecule has 3 fully saturated rings. The quantitative estimate of drug-likeness (QED) is 0.183. The van der Waals surface area contributed by atoms with Crippen LogP contribution in [0.15, 0.2) is 60.7 Å². The minimum Gasteiger partial charge on any atom is -0.493 e. The highest BCUT2D eigenvalue weighted by Gasteiger charge is 2.59. The van der Waals surface area contributed by atoms with Crippen LogP contribution in [0.25, 0.3) is 0 Å². The number of para-hydroxylation sites is 2. The van der Waals surface area contributed by atoms with Crippen LogP contribution in [0.1, 0.15) is 61.3 Å². The van der Waals surface area contributed by atoms with Gasteiger partial charge in [0.15, 0.2) is 5.69 Å². The molecule has 7 rings (SSSR count). The molecule has 0 amide bonds. The van der Waals surface area contributed by atoms with Gasteiger partial charge in [0.25, 0.3) is 0 Å². The van der Waals surface area contributed by atoms with Gasteiger partial charge in [-0.15, -0.1) is 0 Å². The number of carbonyl (C=O) groups excluding carboxylic acids is 4. The Balaban J connectivity index is 0.000000151. The number of esters is 3. The van der Waals surface area contributed by atoms with E-state index in [2.05, 4.69) is 19.7 Å². The zero-order valence-corrected chi connectivity index (χ0v) is 27.0. The van der Waals surface area contributed by atoms with E-state index in [0.717, 1.165) is 42.0 Å². The Labute approximate surface area is 274 Å². The third-order valence-corrected chi connectivity index (χ3v) is 8.99. The highest BCUT2D eigenvalue weighted by atomic mass is 16.6. The van der Waals surface area contributed by atoms with Crippen LogP contribution >= 0.6 is 0 Å². The maximum atomic E-state index is 11.8. The average Bonchev–Trinajstić information content (AvgIpc) is 3.74. The second-order valence-electron chi connectivity index (χ2n) is 11.8. The Morgan fingerprint density at radius 2 is 1.28 bits per heavy atom. The van der Waals surface area contributed by atoms with Gasteiger partial charge >= 0.3 is 17.9 Å². The van der Waals surface area contributed by atoms with Crippen molar-refractivity contribution in [2.24, 2.45) is 29.6 Å². The van der Waals surface area contributed by atoms with Crippen LogP contribution in [0.5, 0.6) is 11.5 Å². The summed E-state index contributed by atoms with van der Waals surface area (Å²) in [7, 11) is 0. The first-order valence-corrected chi connectivity index (χ1v) is 16.3. The van der Waals surface area contributed by atoms with Gasteiger partial charge in [-0.25, -0.2) is 14.4 Å². The van der Waals surface area contributed by atoms with E-state index < -0.39 is 11.9 Å². The molecular formula is C36H42N2O9.